The number of aliphatic hydroxyl groups excluding tert-OH is 1. The minimum absolute atomic E-state index is 0.0187. The molecule has 1 amide bonds. The lowest BCUT2D eigenvalue weighted by Gasteiger charge is -2.33. The number of hydrogen-bond donors (Lipinski definition) is 2. The first-order valence-corrected chi connectivity index (χ1v) is 9.43. The van der Waals surface area contributed by atoms with Gasteiger partial charge in [-0.15, -0.1) is 0 Å². The number of sulfonamides is 1. The number of fused-ring (bicyclic) bond motifs is 1. The van der Waals surface area contributed by atoms with Gasteiger partial charge in [0.25, 0.3) is 5.91 Å². The van der Waals surface area contributed by atoms with Crippen molar-refractivity contribution in [3.05, 3.63) is 18.2 Å². The molecule has 0 aromatic heterocycles. The number of ether oxygens (including phenoxy) is 1. The number of amides is 1. The van der Waals surface area contributed by atoms with Crippen molar-refractivity contribution in [3.63, 3.8) is 0 Å². The zero-order valence-electron chi connectivity index (χ0n) is 13.8. The number of aliphatic hydroxyl groups is 1. The quantitative estimate of drug-likeness (QED) is 0.850. The number of hydrogen-bond acceptors (Lipinski definition) is 5. The Morgan fingerprint density at radius 1 is 1.42 bits per heavy atom. The van der Waals surface area contributed by atoms with Crippen LogP contribution in [0.3, 0.4) is 0 Å². The second-order valence-electron chi connectivity index (χ2n) is 6.78. The van der Waals surface area contributed by atoms with Crippen molar-refractivity contribution >= 4 is 21.6 Å². The molecule has 0 unspecified atom stereocenters. The third-order valence-corrected chi connectivity index (χ3v) is 6.35. The van der Waals surface area contributed by atoms with Crippen molar-refractivity contribution in [3.8, 4) is 5.75 Å². The van der Waals surface area contributed by atoms with Crippen LogP contribution in [0.1, 0.15) is 26.7 Å². The van der Waals surface area contributed by atoms with Gasteiger partial charge in [-0.2, -0.15) is 4.31 Å². The van der Waals surface area contributed by atoms with E-state index in [4.69, 9.17) is 4.74 Å². The first kappa shape index (κ1) is 17.2. The number of anilines is 1. The molecular weight excluding hydrogens is 332 g/mol. The fourth-order valence-corrected chi connectivity index (χ4v) is 4.58. The van der Waals surface area contributed by atoms with Crippen molar-refractivity contribution in [2.75, 3.05) is 25.0 Å². The SMILES string of the molecule is CC1(C)Oc2ccc(S(=O)(=O)N3CCC[C@@H](CO)C3)cc2NC1=O. The highest BCUT2D eigenvalue weighted by molar-refractivity contribution is 7.89. The van der Waals surface area contributed by atoms with Gasteiger partial charge in [0.2, 0.25) is 10.0 Å². The van der Waals surface area contributed by atoms with Crippen LogP contribution in [0.5, 0.6) is 5.75 Å². The van der Waals surface area contributed by atoms with Crippen LogP contribution in [0.4, 0.5) is 5.69 Å². The maximum atomic E-state index is 12.8. The van der Waals surface area contributed by atoms with Gasteiger partial charge < -0.3 is 15.2 Å². The van der Waals surface area contributed by atoms with Gasteiger partial charge in [-0.1, -0.05) is 0 Å². The summed E-state index contributed by atoms with van der Waals surface area (Å²) in [5, 5.41) is 12.0. The van der Waals surface area contributed by atoms with Crippen LogP contribution in [0.25, 0.3) is 0 Å². The lowest BCUT2D eigenvalue weighted by molar-refractivity contribution is -0.129. The van der Waals surface area contributed by atoms with E-state index < -0.39 is 15.6 Å². The van der Waals surface area contributed by atoms with Gasteiger partial charge >= 0.3 is 0 Å². The number of carbonyl (C=O) groups is 1. The molecular formula is C16H22N2O5S. The summed E-state index contributed by atoms with van der Waals surface area (Å²) in [6.07, 6.45) is 1.55. The van der Waals surface area contributed by atoms with E-state index >= 15 is 0 Å². The third kappa shape index (κ3) is 3.01. The molecule has 0 bridgehead atoms. The van der Waals surface area contributed by atoms with Gasteiger partial charge in [-0.3, -0.25) is 4.79 Å². The summed E-state index contributed by atoms with van der Waals surface area (Å²) in [6, 6.07) is 4.49. The molecule has 24 heavy (non-hydrogen) atoms. The third-order valence-electron chi connectivity index (χ3n) is 4.49. The number of nitrogens with one attached hydrogen (secondary N) is 1. The molecule has 2 N–H and O–H groups in total. The topological polar surface area (TPSA) is 95.9 Å². The van der Waals surface area contributed by atoms with E-state index in [-0.39, 0.29) is 23.3 Å². The zero-order chi connectivity index (χ0) is 17.5. The van der Waals surface area contributed by atoms with E-state index in [1.165, 1.54) is 16.4 Å². The fraction of sp³-hybridized carbons (Fsp3) is 0.562. The van der Waals surface area contributed by atoms with Crippen LogP contribution in [0.2, 0.25) is 0 Å². The highest BCUT2D eigenvalue weighted by atomic mass is 32.2. The molecule has 2 aliphatic heterocycles. The van der Waals surface area contributed by atoms with Crippen LogP contribution in [-0.4, -0.2) is 49.0 Å². The van der Waals surface area contributed by atoms with Crippen molar-refractivity contribution in [2.24, 2.45) is 5.92 Å². The van der Waals surface area contributed by atoms with Crippen molar-refractivity contribution < 1.29 is 23.1 Å². The van der Waals surface area contributed by atoms with Crippen LogP contribution >= 0.6 is 0 Å². The molecule has 1 saturated heterocycles. The minimum atomic E-state index is -3.67. The van der Waals surface area contributed by atoms with E-state index in [1.807, 2.05) is 0 Å². The van der Waals surface area contributed by atoms with Crippen molar-refractivity contribution in [1.29, 1.82) is 0 Å². The standard InChI is InChI=1S/C16H22N2O5S/c1-16(2)15(20)17-13-8-12(5-6-14(13)23-16)24(21,22)18-7-3-4-11(9-18)10-19/h5-6,8,11,19H,3-4,7,9-10H2,1-2H3,(H,17,20)/t11-/m1/s1. The van der Waals surface area contributed by atoms with Gasteiger partial charge in [0.05, 0.1) is 10.6 Å². The Bertz CT molecular complexity index is 760. The lowest BCUT2D eigenvalue weighted by atomic mass is 10.0. The Morgan fingerprint density at radius 3 is 2.88 bits per heavy atom. The van der Waals surface area contributed by atoms with Crippen molar-refractivity contribution in [2.45, 2.75) is 37.2 Å². The Balaban J connectivity index is 1.90. The number of piperidine rings is 1. The van der Waals surface area contributed by atoms with E-state index in [0.29, 0.717) is 24.5 Å². The van der Waals surface area contributed by atoms with E-state index in [9.17, 15) is 18.3 Å². The normalized spacial score (nSPS) is 24.0. The molecule has 1 fully saturated rings. The molecule has 2 aliphatic rings. The Labute approximate surface area is 141 Å². The monoisotopic (exact) mass is 354 g/mol. The molecule has 7 nitrogen and oxygen atoms in total. The summed E-state index contributed by atoms with van der Waals surface area (Å²) >= 11 is 0. The number of nitrogens with zero attached hydrogens (tertiary/aromatic N) is 1. The first-order valence-electron chi connectivity index (χ1n) is 7.99. The Hall–Kier alpha value is -1.64. The van der Waals surface area contributed by atoms with Gasteiger partial charge in [0.15, 0.2) is 5.60 Å². The summed E-state index contributed by atoms with van der Waals surface area (Å²) in [4.78, 5) is 12.1. The highest BCUT2D eigenvalue weighted by Gasteiger charge is 2.37. The summed E-state index contributed by atoms with van der Waals surface area (Å²) in [5.74, 6) is 0.100. The van der Waals surface area contributed by atoms with E-state index in [1.54, 1.807) is 19.9 Å². The number of rotatable bonds is 3. The second kappa shape index (κ2) is 6.02. The molecule has 8 heteroatoms. The maximum Gasteiger partial charge on any atom is 0.268 e. The molecule has 3 rings (SSSR count). The summed E-state index contributed by atoms with van der Waals surface area (Å²) < 4.78 is 32.7. The Kier molecular flexibility index (Phi) is 4.31. The van der Waals surface area contributed by atoms with E-state index in [0.717, 1.165) is 12.8 Å². The molecule has 1 aromatic carbocycles. The molecule has 1 aromatic rings. The lowest BCUT2D eigenvalue weighted by Crippen LogP contribution is -2.45. The van der Waals surface area contributed by atoms with Gasteiger partial charge in [-0.05, 0) is 50.8 Å². The van der Waals surface area contributed by atoms with Crippen molar-refractivity contribution in [1.82, 2.24) is 4.31 Å². The molecule has 0 saturated carbocycles. The number of benzene rings is 1. The predicted octanol–water partition coefficient (Wildman–Crippen LogP) is 1.19. The minimum Gasteiger partial charge on any atom is -0.476 e. The van der Waals surface area contributed by atoms with Gasteiger partial charge in [0.1, 0.15) is 5.75 Å². The first-order chi connectivity index (χ1) is 11.2. The molecule has 0 spiro atoms. The molecule has 0 aliphatic carbocycles. The molecule has 132 valence electrons. The zero-order valence-corrected chi connectivity index (χ0v) is 14.6. The summed E-state index contributed by atoms with van der Waals surface area (Å²) in [7, 11) is -3.67. The van der Waals surface area contributed by atoms with Crippen LogP contribution in [0.15, 0.2) is 23.1 Å². The summed E-state index contributed by atoms with van der Waals surface area (Å²) in [6.45, 7) is 4.03. The maximum absolute atomic E-state index is 12.8. The average molecular weight is 354 g/mol. The highest BCUT2D eigenvalue weighted by Crippen LogP contribution is 2.36. The van der Waals surface area contributed by atoms with Crippen LogP contribution < -0.4 is 10.1 Å². The van der Waals surface area contributed by atoms with Crippen LogP contribution in [0, 0.1) is 5.92 Å². The Morgan fingerprint density at radius 2 is 2.17 bits per heavy atom. The summed E-state index contributed by atoms with van der Waals surface area (Å²) in [5.41, 5.74) is -0.634. The largest absolute Gasteiger partial charge is 0.476 e. The van der Waals surface area contributed by atoms with E-state index in [2.05, 4.69) is 5.32 Å². The second-order valence-corrected chi connectivity index (χ2v) is 8.72. The number of carbonyl (C=O) groups excluding carboxylic acids is 1. The molecule has 0 radical (unpaired) electrons. The molecule has 2 heterocycles. The predicted molar refractivity (Wildman–Crippen MR) is 88.3 cm³/mol. The smallest absolute Gasteiger partial charge is 0.268 e. The van der Waals surface area contributed by atoms with Crippen LogP contribution in [-0.2, 0) is 14.8 Å². The fourth-order valence-electron chi connectivity index (χ4n) is 2.99. The molecule has 1 atom stereocenters. The van der Waals surface area contributed by atoms with Gasteiger partial charge in [-0.25, -0.2) is 8.42 Å². The average Bonchev–Trinajstić information content (AvgIpc) is 2.55. The van der Waals surface area contributed by atoms with Gasteiger partial charge in [0, 0.05) is 19.7 Å².